The minimum absolute atomic E-state index is 0.107. The van der Waals surface area contributed by atoms with E-state index in [1.54, 1.807) is 6.20 Å². The Bertz CT molecular complexity index is 546. The quantitative estimate of drug-likeness (QED) is 0.839. The van der Waals surface area contributed by atoms with Crippen LogP contribution in [0.2, 0.25) is 0 Å². The number of hydrogen-bond donors (Lipinski definition) is 1. The van der Waals surface area contributed by atoms with Gasteiger partial charge in [0.1, 0.15) is 11.6 Å². The third-order valence-electron chi connectivity index (χ3n) is 2.86. The number of para-hydroxylation sites is 1. The van der Waals surface area contributed by atoms with Crippen LogP contribution in [-0.2, 0) is 6.42 Å². The topological polar surface area (TPSA) is 53.1 Å². The molecule has 1 heterocycles. The first-order chi connectivity index (χ1) is 9.13. The van der Waals surface area contributed by atoms with Gasteiger partial charge in [-0.1, -0.05) is 13.0 Å². The molecule has 1 aromatic carbocycles. The van der Waals surface area contributed by atoms with Gasteiger partial charge in [-0.3, -0.25) is 0 Å². The molecule has 0 aliphatic rings. The van der Waals surface area contributed by atoms with Crippen molar-refractivity contribution in [1.29, 1.82) is 0 Å². The van der Waals surface area contributed by atoms with E-state index in [2.05, 4.69) is 11.9 Å². The van der Waals surface area contributed by atoms with E-state index in [4.69, 9.17) is 10.5 Å². The van der Waals surface area contributed by atoms with E-state index in [1.165, 1.54) is 0 Å². The lowest BCUT2D eigenvalue weighted by Crippen LogP contribution is -2.10. The monoisotopic (exact) mass is 259 g/mol. The molecule has 0 fully saturated rings. The van der Waals surface area contributed by atoms with Gasteiger partial charge in [0.15, 0.2) is 0 Å². The average Bonchev–Trinajstić information content (AvgIpc) is 2.80. The highest BCUT2D eigenvalue weighted by molar-refractivity contribution is 5.66. The van der Waals surface area contributed by atoms with Crippen molar-refractivity contribution in [3.05, 3.63) is 36.4 Å². The van der Waals surface area contributed by atoms with Crippen LogP contribution < -0.4 is 10.5 Å². The number of rotatable bonds is 5. The van der Waals surface area contributed by atoms with E-state index in [0.717, 1.165) is 30.1 Å². The van der Waals surface area contributed by atoms with Gasteiger partial charge < -0.3 is 15.0 Å². The Labute approximate surface area is 114 Å². The molecule has 2 rings (SSSR count). The summed E-state index contributed by atoms with van der Waals surface area (Å²) in [5.74, 6) is 1.75. The molecule has 0 radical (unpaired) electrons. The average molecular weight is 259 g/mol. The lowest BCUT2D eigenvalue weighted by molar-refractivity contribution is 0.244. The van der Waals surface area contributed by atoms with Crippen LogP contribution in [0.5, 0.6) is 5.75 Å². The Kier molecular flexibility index (Phi) is 4.10. The minimum atomic E-state index is 0.107. The van der Waals surface area contributed by atoms with Crippen molar-refractivity contribution < 1.29 is 4.74 Å². The molecular formula is C15H21N3O. The van der Waals surface area contributed by atoms with Gasteiger partial charge in [0.05, 0.1) is 17.5 Å². The van der Waals surface area contributed by atoms with Crippen molar-refractivity contribution in [2.75, 3.05) is 5.73 Å². The molecule has 4 heteroatoms. The summed E-state index contributed by atoms with van der Waals surface area (Å²) in [5.41, 5.74) is 7.80. The van der Waals surface area contributed by atoms with Gasteiger partial charge >= 0.3 is 0 Å². The second kappa shape index (κ2) is 5.78. The number of nitrogens with zero attached hydrogens (tertiary/aromatic N) is 2. The van der Waals surface area contributed by atoms with Crippen molar-refractivity contribution in [1.82, 2.24) is 9.55 Å². The fourth-order valence-electron chi connectivity index (χ4n) is 2.06. The first-order valence-corrected chi connectivity index (χ1v) is 6.71. The summed E-state index contributed by atoms with van der Waals surface area (Å²) in [7, 11) is 0. The molecule has 0 saturated carbocycles. The number of hydrogen-bond acceptors (Lipinski definition) is 3. The number of aryl methyl sites for hydroxylation is 1. The fourth-order valence-corrected chi connectivity index (χ4v) is 2.06. The Balaban J connectivity index is 2.42. The van der Waals surface area contributed by atoms with Crippen LogP contribution in [-0.4, -0.2) is 15.7 Å². The molecule has 4 nitrogen and oxygen atoms in total. The first-order valence-electron chi connectivity index (χ1n) is 6.71. The van der Waals surface area contributed by atoms with Gasteiger partial charge in [0, 0.05) is 18.8 Å². The largest absolute Gasteiger partial charge is 0.489 e. The molecule has 0 bridgehead atoms. The zero-order chi connectivity index (χ0) is 13.8. The fraction of sp³-hybridized carbons (Fsp3) is 0.400. The zero-order valence-electron chi connectivity index (χ0n) is 11.8. The zero-order valence-corrected chi connectivity index (χ0v) is 11.8. The molecule has 0 aliphatic carbocycles. The van der Waals surface area contributed by atoms with E-state index >= 15 is 0 Å². The molecule has 1 aromatic heterocycles. The molecule has 0 atom stereocenters. The maximum atomic E-state index is 6.21. The lowest BCUT2D eigenvalue weighted by atomic mass is 10.2. The molecule has 2 aromatic rings. The summed E-state index contributed by atoms with van der Waals surface area (Å²) in [6.45, 7) is 6.12. The van der Waals surface area contributed by atoms with E-state index in [-0.39, 0.29) is 6.10 Å². The van der Waals surface area contributed by atoms with Gasteiger partial charge in [-0.25, -0.2) is 4.98 Å². The first kappa shape index (κ1) is 13.5. The van der Waals surface area contributed by atoms with Crippen molar-refractivity contribution >= 4 is 5.69 Å². The smallest absolute Gasteiger partial charge is 0.144 e. The maximum Gasteiger partial charge on any atom is 0.144 e. The van der Waals surface area contributed by atoms with Crippen LogP contribution in [0.4, 0.5) is 5.69 Å². The maximum absolute atomic E-state index is 6.21. The van der Waals surface area contributed by atoms with Crippen LogP contribution in [0.3, 0.4) is 0 Å². The Morgan fingerprint density at radius 3 is 2.84 bits per heavy atom. The second-order valence-corrected chi connectivity index (χ2v) is 4.82. The second-order valence-electron chi connectivity index (χ2n) is 4.82. The van der Waals surface area contributed by atoms with Crippen LogP contribution in [0.25, 0.3) is 5.69 Å². The predicted molar refractivity (Wildman–Crippen MR) is 77.7 cm³/mol. The van der Waals surface area contributed by atoms with Crippen molar-refractivity contribution in [2.45, 2.75) is 39.7 Å². The standard InChI is InChI=1S/C15H21N3O/c1-4-6-14-17-9-10-18(14)12-7-5-8-13(15(12)16)19-11(2)3/h5,7-11H,4,6,16H2,1-3H3. The van der Waals surface area contributed by atoms with E-state index in [9.17, 15) is 0 Å². The molecule has 0 amide bonds. The highest BCUT2D eigenvalue weighted by Crippen LogP contribution is 2.29. The number of aromatic nitrogens is 2. The summed E-state index contributed by atoms with van der Waals surface area (Å²) in [4.78, 5) is 4.38. The number of ether oxygens (including phenoxy) is 1. The number of anilines is 1. The van der Waals surface area contributed by atoms with Gasteiger partial charge in [0.25, 0.3) is 0 Å². The van der Waals surface area contributed by atoms with E-state index in [1.807, 2.05) is 42.8 Å². The number of benzene rings is 1. The summed E-state index contributed by atoms with van der Waals surface area (Å²) >= 11 is 0. The summed E-state index contributed by atoms with van der Waals surface area (Å²) < 4.78 is 7.76. The van der Waals surface area contributed by atoms with Gasteiger partial charge in [0.2, 0.25) is 0 Å². The highest BCUT2D eigenvalue weighted by Gasteiger charge is 2.11. The molecule has 102 valence electrons. The predicted octanol–water partition coefficient (Wildman–Crippen LogP) is 3.19. The Morgan fingerprint density at radius 1 is 1.37 bits per heavy atom. The molecule has 19 heavy (non-hydrogen) atoms. The van der Waals surface area contributed by atoms with Crippen molar-refractivity contribution in [2.24, 2.45) is 0 Å². The molecule has 2 N–H and O–H groups in total. The van der Waals surface area contributed by atoms with E-state index in [0.29, 0.717) is 5.69 Å². The third-order valence-corrected chi connectivity index (χ3v) is 2.86. The van der Waals surface area contributed by atoms with Crippen LogP contribution in [0.1, 0.15) is 33.0 Å². The normalized spacial score (nSPS) is 10.9. The third kappa shape index (κ3) is 2.89. The number of nitrogen functional groups attached to an aromatic ring is 1. The molecule has 0 saturated heterocycles. The number of imidazole rings is 1. The number of nitrogens with two attached hydrogens (primary N) is 1. The minimum Gasteiger partial charge on any atom is -0.489 e. The van der Waals surface area contributed by atoms with E-state index < -0.39 is 0 Å². The van der Waals surface area contributed by atoms with Crippen LogP contribution >= 0.6 is 0 Å². The van der Waals surface area contributed by atoms with Gasteiger partial charge in [-0.15, -0.1) is 0 Å². The molecular weight excluding hydrogens is 238 g/mol. The molecule has 0 aliphatic heterocycles. The Hall–Kier alpha value is -1.97. The Morgan fingerprint density at radius 2 is 2.16 bits per heavy atom. The van der Waals surface area contributed by atoms with Crippen molar-refractivity contribution in [3.8, 4) is 11.4 Å². The summed E-state index contributed by atoms with van der Waals surface area (Å²) in [6.07, 6.45) is 5.84. The lowest BCUT2D eigenvalue weighted by Gasteiger charge is -2.16. The van der Waals surface area contributed by atoms with Crippen LogP contribution in [0.15, 0.2) is 30.6 Å². The highest BCUT2D eigenvalue weighted by atomic mass is 16.5. The molecule has 0 unspecified atom stereocenters. The van der Waals surface area contributed by atoms with Crippen LogP contribution in [0, 0.1) is 0 Å². The summed E-state index contributed by atoms with van der Waals surface area (Å²) in [6, 6.07) is 5.84. The summed E-state index contributed by atoms with van der Waals surface area (Å²) in [5, 5.41) is 0. The molecule has 0 spiro atoms. The van der Waals surface area contributed by atoms with Gasteiger partial charge in [-0.05, 0) is 32.4 Å². The van der Waals surface area contributed by atoms with Gasteiger partial charge in [-0.2, -0.15) is 0 Å². The van der Waals surface area contributed by atoms with Crippen molar-refractivity contribution in [3.63, 3.8) is 0 Å². The SMILES string of the molecule is CCCc1nccn1-c1cccc(OC(C)C)c1N.